The van der Waals surface area contributed by atoms with Gasteiger partial charge in [-0.25, -0.2) is 0 Å². The van der Waals surface area contributed by atoms with Crippen molar-refractivity contribution in [1.29, 1.82) is 0 Å². The van der Waals surface area contributed by atoms with E-state index in [1.54, 1.807) is 0 Å². The summed E-state index contributed by atoms with van der Waals surface area (Å²) in [6.07, 6.45) is 7.69. The van der Waals surface area contributed by atoms with Crippen molar-refractivity contribution in [3.05, 3.63) is 12.2 Å². The number of amides is 1. The van der Waals surface area contributed by atoms with Crippen molar-refractivity contribution in [3.8, 4) is 0 Å². The molecule has 1 unspecified atom stereocenters. The molecule has 2 aliphatic rings. The van der Waals surface area contributed by atoms with Gasteiger partial charge in [-0.1, -0.05) is 12.2 Å². The topological polar surface area (TPSA) is 49.3 Å². The minimum absolute atomic E-state index is 0.0923. The lowest BCUT2D eigenvalue weighted by Gasteiger charge is -2.13. The third kappa shape index (κ3) is 2.35. The Morgan fingerprint density at radius 1 is 1.43 bits per heavy atom. The average molecular weight is 195 g/mol. The van der Waals surface area contributed by atoms with Gasteiger partial charge in [0.2, 0.25) is 5.91 Å². The van der Waals surface area contributed by atoms with Gasteiger partial charge < -0.3 is 10.4 Å². The summed E-state index contributed by atoms with van der Waals surface area (Å²) in [6, 6.07) is 0. The number of carbonyl (C=O) groups excluding carboxylic acids is 1. The van der Waals surface area contributed by atoms with Gasteiger partial charge in [0.25, 0.3) is 0 Å². The van der Waals surface area contributed by atoms with Crippen LogP contribution in [0, 0.1) is 11.8 Å². The van der Waals surface area contributed by atoms with Gasteiger partial charge in [0, 0.05) is 12.5 Å². The molecule has 0 aromatic rings. The molecular weight excluding hydrogens is 178 g/mol. The van der Waals surface area contributed by atoms with Crippen LogP contribution in [-0.4, -0.2) is 23.7 Å². The molecule has 1 fully saturated rings. The van der Waals surface area contributed by atoms with Crippen LogP contribution in [0.2, 0.25) is 0 Å². The second-order valence-corrected chi connectivity index (χ2v) is 4.29. The van der Waals surface area contributed by atoms with Gasteiger partial charge in [-0.05, 0) is 31.6 Å². The summed E-state index contributed by atoms with van der Waals surface area (Å²) in [5.41, 5.74) is 0. The normalized spacial score (nSPS) is 23.8. The number of aliphatic hydroxyl groups is 1. The number of carbonyl (C=O) groups is 1. The van der Waals surface area contributed by atoms with Crippen LogP contribution in [-0.2, 0) is 4.79 Å². The summed E-state index contributed by atoms with van der Waals surface area (Å²) in [4.78, 5) is 11.5. The summed E-state index contributed by atoms with van der Waals surface area (Å²) in [5.74, 6) is 0.646. The van der Waals surface area contributed by atoms with Crippen molar-refractivity contribution in [2.75, 3.05) is 6.54 Å². The lowest BCUT2D eigenvalue weighted by Crippen LogP contribution is -2.36. The Balaban J connectivity index is 1.66. The smallest absolute Gasteiger partial charge is 0.223 e. The first kappa shape index (κ1) is 9.71. The fourth-order valence-electron chi connectivity index (χ4n) is 1.83. The third-order valence-electron chi connectivity index (χ3n) is 3.03. The lowest BCUT2D eigenvalue weighted by molar-refractivity contribution is -0.125. The van der Waals surface area contributed by atoms with E-state index in [1.165, 1.54) is 0 Å². The molecule has 0 aliphatic heterocycles. The Morgan fingerprint density at radius 2 is 2.07 bits per heavy atom. The molecule has 1 amide bonds. The van der Waals surface area contributed by atoms with Crippen molar-refractivity contribution in [2.45, 2.75) is 31.8 Å². The van der Waals surface area contributed by atoms with Gasteiger partial charge in [-0.3, -0.25) is 4.79 Å². The first-order valence-electron chi connectivity index (χ1n) is 5.38. The molecule has 78 valence electrons. The van der Waals surface area contributed by atoms with E-state index in [4.69, 9.17) is 0 Å². The molecule has 0 bridgehead atoms. The maximum atomic E-state index is 11.5. The van der Waals surface area contributed by atoms with Gasteiger partial charge in [0.05, 0.1) is 6.10 Å². The zero-order valence-electron chi connectivity index (χ0n) is 8.28. The Morgan fingerprint density at radius 3 is 2.64 bits per heavy atom. The van der Waals surface area contributed by atoms with Crippen LogP contribution in [0.15, 0.2) is 12.2 Å². The predicted molar refractivity (Wildman–Crippen MR) is 53.6 cm³/mol. The molecule has 0 radical (unpaired) electrons. The average Bonchev–Trinajstić information content (AvgIpc) is 2.90. The maximum Gasteiger partial charge on any atom is 0.223 e. The summed E-state index contributed by atoms with van der Waals surface area (Å²) in [6.45, 7) is 0.431. The van der Waals surface area contributed by atoms with Crippen LogP contribution in [0.25, 0.3) is 0 Å². The Kier molecular flexibility index (Phi) is 2.87. The largest absolute Gasteiger partial charge is 0.391 e. The fourth-order valence-corrected chi connectivity index (χ4v) is 1.83. The standard InChI is InChI=1S/C11H17NO2/c13-10(8-5-6-8)7-12-11(14)9-3-1-2-4-9/h1-2,8-10,13H,3-7H2,(H,12,14). The highest BCUT2D eigenvalue weighted by molar-refractivity contribution is 5.79. The van der Waals surface area contributed by atoms with Crippen LogP contribution in [0.1, 0.15) is 25.7 Å². The van der Waals surface area contributed by atoms with Crippen molar-refractivity contribution in [3.63, 3.8) is 0 Å². The Bertz CT molecular complexity index is 238. The molecule has 0 saturated heterocycles. The van der Waals surface area contributed by atoms with Crippen molar-refractivity contribution in [2.24, 2.45) is 11.8 Å². The quantitative estimate of drug-likeness (QED) is 0.653. The van der Waals surface area contributed by atoms with Crippen molar-refractivity contribution < 1.29 is 9.90 Å². The maximum absolute atomic E-state index is 11.5. The first-order chi connectivity index (χ1) is 6.77. The highest BCUT2D eigenvalue weighted by Gasteiger charge is 2.30. The highest BCUT2D eigenvalue weighted by Crippen LogP contribution is 2.32. The van der Waals surface area contributed by atoms with Crippen molar-refractivity contribution in [1.82, 2.24) is 5.32 Å². The predicted octanol–water partition coefficient (Wildman–Crippen LogP) is 0.840. The van der Waals surface area contributed by atoms with Crippen LogP contribution in [0.5, 0.6) is 0 Å². The fraction of sp³-hybridized carbons (Fsp3) is 0.727. The molecule has 2 aliphatic carbocycles. The summed E-state index contributed by atoms with van der Waals surface area (Å²) in [7, 11) is 0. The molecule has 1 atom stereocenters. The number of hydrogen-bond acceptors (Lipinski definition) is 2. The van der Waals surface area contributed by atoms with E-state index in [2.05, 4.69) is 5.32 Å². The highest BCUT2D eigenvalue weighted by atomic mass is 16.3. The van der Waals surface area contributed by atoms with E-state index < -0.39 is 0 Å². The SMILES string of the molecule is O=C(NCC(O)C1CC1)C1CC=CC1. The molecule has 2 rings (SSSR count). The first-order valence-corrected chi connectivity index (χ1v) is 5.38. The van der Waals surface area contributed by atoms with E-state index in [1.807, 2.05) is 12.2 Å². The van der Waals surface area contributed by atoms with Gasteiger partial charge in [0.15, 0.2) is 0 Å². The molecule has 3 heteroatoms. The molecule has 0 aromatic carbocycles. The molecule has 2 N–H and O–H groups in total. The second kappa shape index (κ2) is 4.13. The number of allylic oxidation sites excluding steroid dienone is 2. The molecule has 3 nitrogen and oxygen atoms in total. The summed E-state index contributed by atoms with van der Waals surface area (Å²) < 4.78 is 0. The molecule has 0 aromatic heterocycles. The molecule has 1 saturated carbocycles. The molecule has 0 heterocycles. The second-order valence-electron chi connectivity index (χ2n) is 4.29. The van der Waals surface area contributed by atoms with Crippen LogP contribution < -0.4 is 5.32 Å². The van der Waals surface area contributed by atoms with Crippen molar-refractivity contribution >= 4 is 5.91 Å². The van der Waals surface area contributed by atoms with Crippen LogP contribution >= 0.6 is 0 Å². The number of hydrogen-bond donors (Lipinski definition) is 2. The zero-order valence-corrected chi connectivity index (χ0v) is 8.28. The minimum atomic E-state index is -0.326. The number of aliphatic hydroxyl groups excluding tert-OH is 1. The van der Waals surface area contributed by atoms with Crippen LogP contribution in [0.4, 0.5) is 0 Å². The molecular formula is C11H17NO2. The Labute approximate surface area is 84.2 Å². The van der Waals surface area contributed by atoms with Gasteiger partial charge >= 0.3 is 0 Å². The van der Waals surface area contributed by atoms with E-state index in [0.717, 1.165) is 25.7 Å². The van der Waals surface area contributed by atoms with E-state index in [9.17, 15) is 9.90 Å². The molecule has 14 heavy (non-hydrogen) atoms. The third-order valence-corrected chi connectivity index (χ3v) is 3.03. The minimum Gasteiger partial charge on any atom is -0.391 e. The van der Waals surface area contributed by atoms with E-state index >= 15 is 0 Å². The van der Waals surface area contributed by atoms with E-state index in [0.29, 0.717) is 12.5 Å². The van der Waals surface area contributed by atoms with Crippen LogP contribution in [0.3, 0.4) is 0 Å². The summed E-state index contributed by atoms with van der Waals surface area (Å²) >= 11 is 0. The Hall–Kier alpha value is -0.830. The number of nitrogens with one attached hydrogen (secondary N) is 1. The molecule has 0 spiro atoms. The monoisotopic (exact) mass is 195 g/mol. The lowest BCUT2D eigenvalue weighted by atomic mass is 10.1. The van der Waals surface area contributed by atoms with E-state index in [-0.39, 0.29) is 17.9 Å². The van der Waals surface area contributed by atoms with Gasteiger partial charge in [-0.2, -0.15) is 0 Å². The van der Waals surface area contributed by atoms with Gasteiger partial charge in [0.1, 0.15) is 0 Å². The van der Waals surface area contributed by atoms with Gasteiger partial charge in [-0.15, -0.1) is 0 Å². The summed E-state index contributed by atoms with van der Waals surface area (Å²) in [5, 5.41) is 12.4. The zero-order chi connectivity index (χ0) is 9.97. The number of rotatable bonds is 4.